The quantitative estimate of drug-likeness (QED) is 0.615. The van der Waals surface area contributed by atoms with Crippen molar-refractivity contribution in [3.63, 3.8) is 0 Å². The highest BCUT2D eigenvalue weighted by Crippen LogP contribution is 2.35. The summed E-state index contributed by atoms with van der Waals surface area (Å²) in [4.78, 5) is 25.7. The minimum atomic E-state index is -0.833. The van der Waals surface area contributed by atoms with E-state index in [0.29, 0.717) is 19.3 Å². The van der Waals surface area contributed by atoms with Crippen LogP contribution in [-0.4, -0.2) is 27.2 Å². The average Bonchev–Trinajstić information content (AvgIpc) is 2.13. The zero-order valence-corrected chi connectivity index (χ0v) is 11.7. The number of piperidine rings is 1. The summed E-state index contributed by atoms with van der Waals surface area (Å²) in [5.41, 5.74) is 4.59. The van der Waals surface area contributed by atoms with E-state index in [9.17, 15) is 9.59 Å². The van der Waals surface area contributed by atoms with Gasteiger partial charge in [0, 0.05) is 12.8 Å². The normalized spacial score (nSPS) is 23.4. The molecular weight excluding hydrogens is 236 g/mol. The molecule has 0 aromatic carbocycles. The van der Waals surface area contributed by atoms with E-state index in [4.69, 9.17) is 18.0 Å². The van der Waals surface area contributed by atoms with Gasteiger partial charge in [0.15, 0.2) is 0 Å². The first kappa shape index (κ1) is 14.1. The van der Waals surface area contributed by atoms with E-state index in [1.54, 1.807) is 6.92 Å². The van der Waals surface area contributed by atoms with Gasteiger partial charge in [-0.05, 0) is 18.8 Å². The van der Waals surface area contributed by atoms with Crippen molar-refractivity contribution in [1.29, 1.82) is 0 Å². The van der Waals surface area contributed by atoms with Crippen LogP contribution in [0.2, 0.25) is 0 Å². The van der Waals surface area contributed by atoms with E-state index >= 15 is 0 Å². The molecule has 0 saturated carbocycles. The van der Waals surface area contributed by atoms with Gasteiger partial charge in [0.1, 0.15) is 0 Å². The summed E-state index contributed by atoms with van der Waals surface area (Å²) in [6.07, 6.45) is 1.26. The Morgan fingerprint density at radius 1 is 1.41 bits per heavy atom. The van der Waals surface area contributed by atoms with Crippen molar-refractivity contribution in [1.82, 2.24) is 4.90 Å². The lowest BCUT2D eigenvalue weighted by atomic mass is 9.79. The minimum Gasteiger partial charge on any atom is -0.391 e. The maximum atomic E-state index is 12.1. The van der Waals surface area contributed by atoms with Crippen LogP contribution in [0.25, 0.3) is 0 Å². The van der Waals surface area contributed by atoms with Crippen molar-refractivity contribution >= 4 is 29.0 Å². The third-order valence-corrected chi connectivity index (χ3v) is 3.91. The minimum absolute atomic E-state index is 0.177. The summed E-state index contributed by atoms with van der Waals surface area (Å²) in [5, 5.41) is 0. The Hall–Kier alpha value is -0.970. The van der Waals surface area contributed by atoms with Gasteiger partial charge in [0.25, 0.3) is 0 Å². The monoisotopic (exact) mass is 256 g/mol. The fourth-order valence-corrected chi connectivity index (χ4v) is 2.41. The number of thiocarbonyl (C=S) groups is 1. The molecule has 2 N–H and O–H groups in total. The number of rotatable bonds is 3. The van der Waals surface area contributed by atoms with Gasteiger partial charge in [0.2, 0.25) is 11.8 Å². The molecule has 1 heterocycles. The highest BCUT2D eigenvalue weighted by molar-refractivity contribution is 7.80. The molecule has 1 rings (SSSR count). The maximum absolute atomic E-state index is 12.1. The number of likely N-dealkylation sites (tertiary alicyclic amines) is 1. The van der Waals surface area contributed by atoms with Gasteiger partial charge in [-0.2, -0.15) is 0 Å². The number of amides is 2. The van der Waals surface area contributed by atoms with Crippen molar-refractivity contribution < 1.29 is 9.59 Å². The van der Waals surface area contributed by atoms with Crippen LogP contribution in [0.4, 0.5) is 0 Å². The number of hydrogen-bond donors (Lipinski definition) is 1. The van der Waals surface area contributed by atoms with Crippen LogP contribution in [0.5, 0.6) is 0 Å². The molecule has 96 valence electrons. The van der Waals surface area contributed by atoms with E-state index in [-0.39, 0.29) is 22.2 Å². The van der Waals surface area contributed by atoms with Crippen LogP contribution in [0.1, 0.15) is 47.0 Å². The largest absolute Gasteiger partial charge is 0.391 e. The van der Waals surface area contributed by atoms with E-state index in [2.05, 4.69) is 0 Å². The number of imide groups is 1. The Kier molecular flexibility index (Phi) is 3.62. The second kappa shape index (κ2) is 4.37. The van der Waals surface area contributed by atoms with E-state index in [0.717, 1.165) is 0 Å². The maximum Gasteiger partial charge on any atom is 0.230 e. The average molecular weight is 256 g/mol. The third-order valence-electron chi connectivity index (χ3n) is 3.47. The van der Waals surface area contributed by atoms with Gasteiger partial charge < -0.3 is 5.73 Å². The molecule has 4 nitrogen and oxygen atoms in total. The van der Waals surface area contributed by atoms with Gasteiger partial charge >= 0.3 is 0 Å². The molecule has 0 radical (unpaired) electrons. The van der Waals surface area contributed by atoms with Crippen molar-refractivity contribution in [3.05, 3.63) is 0 Å². The van der Waals surface area contributed by atoms with Crippen molar-refractivity contribution in [2.75, 3.05) is 0 Å². The fraction of sp³-hybridized carbons (Fsp3) is 0.750. The molecule has 17 heavy (non-hydrogen) atoms. The van der Waals surface area contributed by atoms with Gasteiger partial charge in [-0.15, -0.1) is 0 Å². The third kappa shape index (κ3) is 2.49. The highest BCUT2D eigenvalue weighted by Gasteiger charge is 2.46. The van der Waals surface area contributed by atoms with Gasteiger partial charge in [-0.25, -0.2) is 0 Å². The summed E-state index contributed by atoms with van der Waals surface area (Å²) in [6.45, 7) is 7.47. The highest BCUT2D eigenvalue weighted by atomic mass is 32.1. The number of carbonyl (C=O) groups excluding carboxylic acids is 2. The number of nitrogens with zero attached hydrogens (tertiary/aromatic N) is 1. The zero-order valence-electron chi connectivity index (χ0n) is 10.9. The van der Waals surface area contributed by atoms with Crippen LogP contribution in [0, 0.1) is 5.41 Å². The summed E-state index contributed by atoms with van der Waals surface area (Å²) >= 11 is 5.01. The van der Waals surface area contributed by atoms with E-state index in [1.165, 1.54) is 4.90 Å². The fourth-order valence-electron chi connectivity index (χ4n) is 2.17. The summed E-state index contributed by atoms with van der Waals surface area (Å²) in [5.74, 6) is -0.355. The molecule has 1 fully saturated rings. The summed E-state index contributed by atoms with van der Waals surface area (Å²) in [6, 6.07) is 0. The second-order valence-electron chi connectivity index (χ2n) is 5.63. The predicted molar refractivity (Wildman–Crippen MR) is 70.3 cm³/mol. The summed E-state index contributed by atoms with van der Waals surface area (Å²) in [7, 11) is 0. The Morgan fingerprint density at radius 3 is 2.12 bits per heavy atom. The number of nitrogens with two attached hydrogens (primary N) is 1. The Bertz CT molecular complexity index is 359. The topological polar surface area (TPSA) is 63.4 Å². The Balaban J connectivity index is 3.11. The van der Waals surface area contributed by atoms with Crippen LogP contribution < -0.4 is 5.73 Å². The van der Waals surface area contributed by atoms with Crippen LogP contribution in [-0.2, 0) is 9.59 Å². The predicted octanol–water partition coefficient (Wildman–Crippen LogP) is 1.62. The lowest BCUT2D eigenvalue weighted by molar-refractivity contribution is -0.157. The Labute approximate surface area is 108 Å². The Morgan fingerprint density at radius 2 is 1.82 bits per heavy atom. The molecule has 5 heteroatoms. The van der Waals surface area contributed by atoms with Gasteiger partial charge in [0.05, 0.1) is 10.5 Å². The van der Waals surface area contributed by atoms with E-state index < -0.39 is 5.54 Å². The molecule has 1 aliphatic rings. The molecule has 1 aliphatic heterocycles. The molecule has 0 spiro atoms. The first-order valence-corrected chi connectivity index (χ1v) is 6.20. The van der Waals surface area contributed by atoms with Gasteiger partial charge in [-0.1, -0.05) is 33.0 Å². The molecule has 1 atom stereocenters. The molecule has 0 aromatic rings. The molecule has 1 unspecified atom stereocenters. The zero-order chi connectivity index (χ0) is 13.4. The molecule has 0 aromatic heterocycles. The van der Waals surface area contributed by atoms with Crippen LogP contribution in [0.15, 0.2) is 0 Å². The molecule has 2 amide bonds. The van der Waals surface area contributed by atoms with E-state index in [1.807, 2.05) is 20.8 Å². The first-order valence-electron chi connectivity index (χ1n) is 5.80. The lowest BCUT2D eigenvalue weighted by Crippen LogP contribution is -2.62. The SMILES string of the molecule is CCC(C)(C(N)=S)N1C(=O)CC(C)(C)CC1=O. The lowest BCUT2D eigenvalue weighted by Gasteiger charge is -2.44. The van der Waals surface area contributed by atoms with Crippen molar-refractivity contribution in [2.24, 2.45) is 11.1 Å². The molecule has 0 bridgehead atoms. The standard InChI is InChI=1S/C12H20N2O2S/c1-5-12(4,10(13)17)14-8(15)6-11(2,3)7-9(14)16/h5-7H2,1-4H3,(H2,13,17). The number of hydrogen-bond acceptors (Lipinski definition) is 3. The van der Waals surface area contributed by atoms with Crippen molar-refractivity contribution in [3.8, 4) is 0 Å². The van der Waals surface area contributed by atoms with Crippen LogP contribution >= 0.6 is 12.2 Å². The van der Waals surface area contributed by atoms with Gasteiger partial charge in [-0.3, -0.25) is 14.5 Å². The molecule has 0 aliphatic carbocycles. The van der Waals surface area contributed by atoms with Crippen molar-refractivity contribution in [2.45, 2.75) is 52.5 Å². The molecular formula is C12H20N2O2S. The van der Waals surface area contributed by atoms with Crippen LogP contribution in [0.3, 0.4) is 0 Å². The number of carbonyl (C=O) groups is 2. The second-order valence-corrected chi connectivity index (χ2v) is 6.07. The smallest absolute Gasteiger partial charge is 0.230 e. The molecule has 1 saturated heterocycles. The summed E-state index contributed by atoms with van der Waals surface area (Å²) < 4.78 is 0. The first-order chi connectivity index (χ1) is 7.64.